The van der Waals surface area contributed by atoms with E-state index in [1.54, 1.807) is 31.2 Å². The molecule has 1 amide bonds. The fourth-order valence-electron chi connectivity index (χ4n) is 3.96. The number of rotatable bonds is 4. The number of nitro groups is 1. The van der Waals surface area contributed by atoms with E-state index >= 15 is 0 Å². The lowest BCUT2D eigenvalue weighted by Crippen LogP contribution is -2.43. The van der Waals surface area contributed by atoms with Crippen molar-refractivity contribution in [1.29, 1.82) is 0 Å². The summed E-state index contributed by atoms with van der Waals surface area (Å²) in [6, 6.07) is 10.8. The average Bonchev–Trinajstić information content (AvgIpc) is 2.81. The van der Waals surface area contributed by atoms with Gasteiger partial charge in [-0.25, -0.2) is 9.78 Å². The predicted molar refractivity (Wildman–Crippen MR) is 121 cm³/mol. The molecule has 1 atom stereocenters. The molecule has 4 rings (SSSR count). The molecule has 33 heavy (non-hydrogen) atoms. The molecular formula is C22H20N6O5. The van der Waals surface area contributed by atoms with Crippen LogP contribution in [-0.4, -0.2) is 24.9 Å². The first-order valence-corrected chi connectivity index (χ1v) is 9.95. The predicted octanol–water partition coefficient (Wildman–Crippen LogP) is 1.86. The van der Waals surface area contributed by atoms with Gasteiger partial charge in [-0.2, -0.15) is 0 Å². The number of non-ortho nitro benzene ring substituents is 1. The molecule has 3 aromatic rings. The maximum Gasteiger partial charge on any atom is 0.332 e. The van der Waals surface area contributed by atoms with Crippen LogP contribution in [-0.2, 0) is 18.9 Å². The van der Waals surface area contributed by atoms with E-state index in [0.717, 1.165) is 4.57 Å². The number of nitro benzene ring substituents is 1. The minimum Gasteiger partial charge on any atom is -0.344 e. The molecule has 11 nitrogen and oxygen atoms in total. The van der Waals surface area contributed by atoms with Crippen LogP contribution in [0.4, 0.5) is 17.3 Å². The molecule has 0 saturated heterocycles. The van der Waals surface area contributed by atoms with E-state index in [9.17, 15) is 24.5 Å². The van der Waals surface area contributed by atoms with Crippen molar-refractivity contribution >= 4 is 23.2 Å². The molecule has 0 unspecified atom stereocenters. The Morgan fingerprint density at radius 2 is 1.91 bits per heavy atom. The van der Waals surface area contributed by atoms with Crippen molar-refractivity contribution in [1.82, 2.24) is 14.1 Å². The number of anilines is 2. The summed E-state index contributed by atoms with van der Waals surface area (Å²) in [5, 5.41) is 17.1. The third-order valence-corrected chi connectivity index (χ3v) is 5.55. The van der Waals surface area contributed by atoms with E-state index in [1.807, 2.05) is 0 Å². The monoisotopic (exact) mass is 448 g/mol. The van der Waals surface area contributed by atoms with Gasteiger partial charge < -0.3 is 10.6 Å². The summed E-state index contributed by atoms with van der Waals surface area (Å²) < 4.78 is 2.22. The minimum absolute atomic E-state index is 0.136. The van der Waals surface area contributed by atoms with Gasteiger partial charge in [0, 0.05) is 43.7 Å². The second-order valence-electron chi connectivity index (χ2n) is 7.59. The topological polar surface area (TPSA) is 141 Å². The van der Waals surface area contributed by atoms with E-state index in [0.29, 0.717) is 17.1 Å². The number of allylic oxidation sites excluding steroid dienone is 1. The summed E-state index contributed by atoms with van der Waals surface area (Å²) in [7, 11) is 2.85. The molecule has 0 radical (unpaired) electrons. The fraction of sp³-hybridized carbons (Fsp3) is 0.182. The van der Waals surface area contributed by atoms with E-state index in [-0.39, 0.29) is 22.6 Å². The van der Waals surface area contributed by atoms with Gasteiger partial charge >= 0.3 is 5.69 Å². The molecule has 11 heteroatoms. The Hall–Kier alpha value is -4.54. The molecular weight excluding hydrogens is 428 g/mol. The highest BCUT2D eigenvalue weighted by atomic mass is 16.6. The number of pyridine rings is 1. The Bertz CT molecular complexity index is 1440. The highest BCUT2D eigenvalue weighted by molar-refractivity contribution is 6.06. The van der Waals surface area contributed by atoms with Gasteiger partial charge in [0.15, 0.2) is 0 Å². The summed E-state index contributed by atoms with van der Waals surface area (Å²) in [6.45, 7) is 1.64. The van der Waals surface area contributed by atoms with Crippen LogP contribution in [0.2, 0.25) is 0 Å². The zero-order valence-corrected chi connectivity index (χ0v) is 18.0. The number of amides is 1. The van der Waals surface area contributed by atoms with Crippen LogP contribution in [0.5, 0.6) is 0 Å². The van der Waals surface area contributed by atoms with Crippen molar-refractivity contribution in [3.05, 3.63) is 102 Å². The van der Waals surface area contributed by atoms with Gasteiger partial charge in [-0.1, -0.05) is 18.2 Å². The molecule has 0 aliphatic carbocycles. The zero-order chi connectivity index (χ0) is 23.9. The molecule has 3 heterocycles. The van der Waals surface area contributed by atoms with Crippen LogP contribution in [0, 0.1) is 10.1 Å². The third kappa shape index (κ3) is 3.69. The number of nitrogens with one attached hydrogen (secondary N) is 2. The normalized spacial score (nSPS) is 14.9. The number of carbonyl (C=O) groups is 1. The number of fused-ring (bicyclic) bond motifs is 1. The summed E-state index contributed by atoms with van der Waals surface area (Å²) >= 11 is 0. The van der Waals surface area contributed by atoms with Crippen LogP contribution in [0.15, 0.2) is 69.5 Å². The van der Waals surface area contributed by atoms with E-state index < -0.39 is 28.0 Å². The largest absolute Gasteiger partial charge is 0.344 e. The molecule has 0 saturated carbocycles. The fourth-order valence-corrected chi connectivity index (χ4v) is 3.96. The lowest BCUT2D eigenvalue weighted by atomic mass is 9.81. The van der Waals surface area contributed by atoms with Crippen LogP contribution in [0.25, 0.3) is 0 Å². The number of aromatic nitrogens is 3. The average molecular weight is 448 g/mol. The molecule has 0 spiro atoms. The maximum atomic E-state index is 13.4. The lowest BCUT2D eigenvalue weighted by Gasteiger charge is -2.31. The second-order valence-corrected chi connectivity index (χ2v) is 7.59. The van der Waals surface area contributed by atoms with Crippen LogP contribution < -0.4 is 21.9 Å². The molecule has 0 bridgehead atoms. The lowest BCUT2D eigenvalue weighted by molar-refractivity contribution is -0.384. The maximum absolute atomic E-state index is 13.4. The first kappa shape index (κ1) is 21.7. The van der Waals surface area contributed by atoms with Gasteiger partial charge in [0.1, 0.15) is 11.6 Å². The summed E-state index contributed by atoms with van der Waals surface area (Å²) in [4.78, 5) is 54.1. The van der Waals surface area contributed by atoms with Crippen molar-refractivity contribution in [2.75, 3.05) is 10.6 Å². The van der Waals surface area contributed by atoms with Crippen molar-refractivity contribution in [2.45, 2.75) is 12.8 Å². The van der Waals surface area contributed by atoms with E-state index in [1.165, 1.54) is 43.1 Å². The van der Waals surface area contributed by atoms with Crippen LogP contribution in [0.1, 0.15) is 24.0 Å². The summed E-state index contributed by atoms with van der Waals surface area (Å²) in [5.74, 6) is -0.960. The zero-order valence-electron chi connectivity index (χ0n) is 18.0. The third-order valence-electron chi connectivity index (χ3n) is 5.55. The number of hydrogen-bond acceptors (Lipinski definition) is 7. The standard InChI is InChI=1S/C22H20N6O5/c1-12-16(20(29)25-15-9-4-5-10-23-15)17(13-7-6-8-14(11-13)28(32)33)18-19(24-12)26(2)22(31)27(3)21(18)30/h4-11,17,24H,1-3H3,(H,23,25,29)/t17-/m1/s1. The Labute approximate surface area is 187 Å². The molecule has 168 valence electrons. The molecule has 1 aliphatic rings. The number of carbonyl (C=O) groups excluding carboxylic acids is 1. The van der Waals surface area contributed by atoms with Gasteiger partial charge in [-0.3, -0.25) is 28.8 Å². The van der Waals surface area contributed by atoms with Crippen molar-refractivity contribution < 1.29 is 9.72 Å². The Morgan fingerprint density at radius 3 is 2.58 bits per heavy atom. The van der Waals surface area contributed by atoms with Gasteiger partial charge in [-0.05, 0) is 24.6 Å². The highest BCUT2D eigenvalue weighted by Crippen LogP contribution is 2.40. The van der Waals surface area contributed by atoms with Crippen molar-refractivity contribution in [3.63, 3.8) is 0 Å². The Morgan fingerprint density at radius 1 is 1.15 bits per heavy atom. The number of hydrogen-bond donors (Lipinski definition) is 2. The van der Waals surface area contributed by atoms with Crippen molar-refractivity contribution in [3.8, 4) is 0 Å². The Kier molecular flexibility index (Phi) is 5.38. The van der Waals surface area contributed by atoms with Gasteiger partial charge in [0.2, 0.25) is 0 Å². The molecule has 2 aromatic heterocycles. The summed E-state index contributed by atoms with van der Waals surface area (Å²) in [5.41, 5.74) is -0.243. The first-order valence-electron chi connectivity index (χ1n) is 9.95. The van der Waals surface area contributed by atoms with Gasteiger partial charge in [0.25, 0.3) is 17.2 Å². The van der Waals surface area contributed by atoms with E-state index in [4.69, 9.17) is 0 Å². The number of benzene rings is 1. The SMILES string of the molecule is CC1=C(C(=O)Nc2ccccn2)[C@@H](c2cccc([N+](=O)[O-])c2)c2c(n(C)c(=O)n(C)c2=O)N1. The molecule has 0 fully saturated rings. The highest BCUT2D eigenvalue weighted by Gasteiger charge is 2.37. The number of nitrogens with zero attached hydrogens (tertiary/aromatic N) is 4. The van der Waals surface area contributed by atoms with Crippen LogP contribution >= 0.6 is 0 Å². The molecule has 1 aliphatic heterocycles. The minimum atomic E-state index is -0.963. The summed E-state index contributed by atoms with van der Waals surface area (Å²) in [6.07, 6.45) is 1.52. The van der Waals surface area contributed by atoms with Gasteiger partial charge in [0.05, 0.1) is 16.4 Å². The first-order chi connectivity index (χ1) is 15.7. The van der Waals surface area contributed by atoms with E-state index in [2.05, 4.69) is 15.6 Å². The second kappa shape index (κ2) is 8.19. The Balaban J connectivity index is 1.98. The quantitative estimate of drug-likeness (QED) is 0.458. The van der Waals surface area contributed by atoms with Gasteiger partial charge in [-0.15, -0.1) is 0 Å². The smallest absolute Gasteiger partial charge is 0.332 e. The molecule has 2 N–H and O–H groups in total. The van der Waals surface area contributed by atoms with Crippen LogP contribution in [0.3, 0.4) is 0 Å². The van der Waals surface area contributed by atoms with Crippen molar-refractivity contribution in [2.24, 2.45) is 14.1 Å². The molecule has 1 aromatic carbocycles.